The van der Waals surface area contributed by atoms with Crippen LogP contribution in [0.2, 0.25) is 0 Å². The highest BCUT2D eigenvalue weighted by molar-refractivity contribution is 5.92. The summed E-state index contributed by atoms with van der Waals surface area (Å²) in [4.78, 5) is 11.0. The Bertz CT molecular complexity index is 380. The molecule has 1 aliphatic carbocycles. The van der Waals surface area contributed by atoms with Crippen LogP contribution in [0.25, 0.3) is 0 Å². The molecular weight excluding hydrogens is 184 g/mol. The molecule has 1 heterocycles. The average molecular weight is 196 g/mol. The molecule has 0 aromatic carbocycles. The molecule has 1 aliphatic rings. The predicted molar refractivity (Wildman–Crippen MR) is 48.7 cm³/mol. The molecule has 76 valence electrons. The number of hydrogen-bond donors (Lipinski definition) is 1. The van der Waals surface area contributed by atoms with E-state index < -0.39 is 5.97 Å². The molecule has 1 aromatic heterocycles. The first-order valence-electron chi connectivity index (χ1n) is 4.49. The van der Waals surface area contributed by atoms with Gasteiger partial charge >= 0.3 is 5.97 Å². The topological polar surface area (TPSA) is 64.3 Å². The van der Waals surface area contributed by atoms with Crippen molar-refractivity contribution in [1.82, 2.24) is 9.78 Å². The van der Waals surface area contributed by atoms with Crippen molar-refractivity contribution in [1.29, 1.82) is 0 Å². The van der Waals surface area contributed by atoms with Gasteiger partial charge in [0.2, 0.25) is 5.88 Å². The van der Waals surface area contributed by atoms with E-state index in [1.807, 2.05) is 0 Å². The van der Waals surface area contributed by atoms with Crippen LogP contribution >= 0.6 is 0 Å². The van der Waals surface area contributed by atoms with Gasteiger partial charge in [-0.05, 0) is 12.8 Å². The maximum atomic E-state index is 11.0. The molecule has 14 heavy (non-hydrogen) atoms. The van der Waals surface area contributed by atoms with E-state index in [0.29, 0.717) is 17.5 Å². The number of aromatic carboxylic acids is 1. The van der Waals surface area contributed by atoms with Crippen LogP contribution in [-0.4, -0.2) is 28.0 Å². The molecule has 1 saturated carbocycles. The van der Waals surface area contributed by atoms with Crippen molar-refractivity contribution in [2.75, 3.05) is 7.11 Å². The Morgan fingerprint density at radius 3 is 2.71 bits per heavy atom. The molecule has 0 atom stereocenters. The highest BCUT2D eigenvalue weighted by atomic mass is 16.5. The molecule has 0 amide bonds. The van der Waals surface area contributed by atoms with Gasteiger partial charge in [0.05, 0.1) is 12.8 Å². The third-order valence-corrected chi connectivity index (χ3v) is 2.39. The fourth-order valence-corrected chi connectivity index (χ4v) is 1.61. The lowest BCUT2D eigenvalue weighted by atomic mass is 10.2. The van der Waals surface area contributed by atoms with E-state index in [2.05, 4.69) is 5.10 Å². The summed E-state index contributed by atoms with van der Waals surface area (Å²) in [7, 11) is 3.15. The number of hydrogen-bond acceptors (Lipinski definition) is 3. The van der Waals surface area contributed by atoms with E-state index in [0.717, 1.165) is 12.8 Å². The molecule has 0 bridgehead atoms. The predicted octanol–water partition coefficient (Wildman–Crippen LogP) is 1.00. The maximum absolute atomic E-state index is 11.0. The molecule has 0 saturated heterocycles. The standard InChI is InChI=1S/C9H12N2O3/c1-11-8(14-2)6(9(12)13)7(10-11)5-3-4-5/h5H,3-4H2,1-2H3,(H,12,13). The van der Waals surface area contributed by atoms with Gasteiger partial charge in [-0.2, -0.15) is 5.10 Å². The molecule has 0 unspecified atom stereocenters. The van der Waals surface area contributed by atoms with E-state index in [1.165, 1.54) is 11.8 Å². The lowest BCUT2D eigenvalue weighted by Crippen LogP contribution is -2.02. The third-order valence-electron chi connectivity index (χ3n) is 2.39. The smallest absolute Gasteiger partial charge is 0.343 e. The quantitative estimate of drug-likeness (QED) is 0.783. The molecular formula is C9H12N2O3. The molecule has 1 fully saturated rings. The summed E-state index contributed by atoms with van der Waals surface area (Å²) in [6.45, 7) is 0. The average Bonchev–Trinajstić information content (AvgIpc) is 2.89. The molecule has 0 spiro atoms. The van der Waals surface area contributed by atoms with Gasteiger partial charge in [0.1, 0.15) is 5.56 Å². The Labute approximate surface area is 81.3 Å². The van der Waals surface area contributed by atoms with Crippen LogP contribution in [0.1, 0.15) is 34.8 Å². The summed E-state index contributed by atoms with van der Waals surface area (Å²) in [6, 6.07) is 0. The molecule has 5 heteroatoms. The van der Waals surface area contributed by atoms with Gasteiger partial charge in [-0.25, -0.2) is 9.48 Å². The van der Waals surface area contributed by atoms with Crippen molar-refractivity contribution >= 4 is 5.97 Å². The second kappa shape index (κ2) is 3.01. The molecule has 0 aliphatic heterocycles. The van der Waals surface area contributed by atoms with Gasteiger partial charge in [0, 0.05) is 13.0 Å². The lowest BCUT2D eigenvalue weighted by molar-refractivity contribution is 0.0691. The zero-order chi connectivity index (χ0) is 10.3. The number of methoxy groups -OCH3 is 1. The number of aromatic nitrogens is 2. The Kier molecular flexibility index (Phi) is 1.94. The molecule has 2 rings (SSSR count). The number of nitrogens with zero attached hydrogens (tertiary/aromatic N) is 2. The lowest BCUT2D eigenvalue weighted by Gasteiger charge is -2.00. The Hall–Kier alpha value is -1.52. The molecule has 0 radical (unpaired) electrons. The summed E-state index contributed by atoms with van der Waals surface area (Å²) in [5.41, 5.74) is 0.884. The first kappa shape index (κ1) is 9.05. The largest absolute Gasteiger partial charge is 0.481 e. The molecule has 5 nitrogen and oxygen atoms in total. The van der Waals surface area contributed by atoms with E-state index in [-0.39, 0.29) is 5.56 Å². The zero-order valence-electron chi connectivity index (χ0n) is 8.15. The van der Waals surface area contributed by atoms with Crippen molar-refractivity contribution in [3.05, 3.63) is 11.3 Å². The van der Waals surface area contributed by atoms with E-state index in [1.54, 1.807) is 7.05 Å². The van der Waals surface area contributed by atoms with Crippen molar-refractivity contribution in [3.63, 3.8) is 0 Å². The zero-order valence-corrected chi connectivity index (χ0v) is 8.15. The SMILES string of the molecule is COc1c(C(=O)O)c(C2CC2)nn1C. The summed E-state index contributed by atoms with van der Waals surface area (Å²) < 4.78 is 6.50. The van der Waals surface area contributed by atoms with Crippen LogP contribution in [0.15, 0.2) is 0 Å². The second-order valence-electron chi connectivity index (χ2n) is 3.47. The van der Waals surface area contributed by atoms with Crippen molar-refractivity contribution in [2.45, 2.75) is 18.8 Å². The second-order valence-corrected chi connectivity index (χ2v) is 3.47. The van der Waals surface area contributed by atoms with Crippen LogP contribution < -0.4 is 4.74 Å². The fourth-order valence-electron chi connectivity index (χ4n) is 1.61. The van der Waals surface area contributed by atoms with Crippen LogP contribution in [0.3, 0.4) is 0 Å². The number of carboxylic acids is 1. The minimum absolute atomic E-state index is 0.220. The van der Waals surface area contributed by atoms with Gasteiger partial charge in [-0.3, -0.25) is 0 Å². The number of carbonyl (C=O) groups is 1. The van der Waals surface area contributed by atoms with Gasteiger partial charge in [-0.1, -0.05) is 0 Å². The number of ether oxygens (including phenoxy) is 1. The number of carboxylic acid groups (broad SMARTS) is 1. The van der Waals surface area contributed by atoms with Gasteiger partial charge in [-0.15, -0.1) is 0 Å². The molecule has 1 N–H and O–H groups in total. The van der Waals surface area contributed by atoms with E-state index in [4.69, 9.17) is 9.84 Å². The van der Waals surface area contributed by atoms with Crippen LogP contribution in [0, 0.1) is 0 Å². The van der Waals surface area contributed by atoms with Crippen molar-refractivity contribution in [2.24, 2.45) is 7.05 Å². The highest BCUT2D eigenvalue weighted by Gasteiger charge is 2.34. The van der Waals surface area contributed by atoms with Gasteiger partial charge < -0.3 is 9.84 Å². The Morgan fingerprint density at radius 1 is 1.64 bits per heavy atom. The first-order valence-corrected chi connectivity index (χ1v) is 4.49. The fraction of sp³-hybridized carbons (Fsp3) is 0.556. The van der Waals surface area contributed by atoms with E-state index >= 15 is 0 Å². The summed E-state index contributed by atoms with van der Waals surface area (Å²) in [5, 5.41) is 13.2. The number of aryl methyl sites for hydroxylation is 1. The summed E-state index contributed by atoms with van der Waals surface area (Å²) >= 11 is 0. The van der Waals surface area contributed by atoms with Crippen molar-refractivity contribution < 1.29 is 14.6 Å². The highest BCUT2D eigenvalue weighted by Crippen LogP contribution is 2.42. The monoisotopic (exact) mass is 196 g/mol. The maximum Gasteiger partial charge on any atom is 0.343 e. The minimum atomic E-state index is -0.961. The molecule has 1 aromatic rings. The van der Waals surface area contributed by atoms with Gasteiger partial charge in [0.25, 0.3) is 0 Å². The first-order chi connectivity index (χ1) is 6.65. The normalized spacial score (nSPS) is 15.6. The van der Waals surface area contributed by atoms with Crippen LogP contribution in [0.5, 0.6) is 5.88 Å². The van der Waals surface area contributed by atoms with Crippen LogP contribution in [-0.2, 0) is 7.05 Å². The summed E-state index contributed by atoms with van der Waals surface area (Å²) in [6.07, 6.45) is 2.06. The Morgan fingerprint density at radius 2 is 2.29 bits per heavy atom. The Balaban J connectivity index is 2.53. The van der Waals surface area contributed by atoms with E-state index in [9.17, 15) is 4.79 Å². The minimum Gasteiger partial charge on any atom is -0.481 e. The van der Waals surface area contributed by atoms with Crippen LogP contribution in [0.4, 0.5) is 0 Å². The van der Waals surface area contributed by atoms with Crippen molar-refractivity contribution in [3.8, 4) is 5.88 Å². The summed E-state index contributed by atoms with van der Waals surface area (Å²) in [5.74, 6) is -0.313. The third kappa shape index (κ3) is 1.25. The number of rotatable bonds is 3. The van der Waals surface area contributed by atoms with Gasteiger partial charge in [0.15, 0.2) is 0 Å².